The van der Waals surface area contributed by atoms with Gasteiger partial charge in [-0.1, -0.05) is 31.9 Å². The number of aryl methyl sites for hydroxylation is 1. The molecule has 2 aliphatic rings. The third kappa shape index (κ3) is 6.62. The first-order valence-corrected chi connectivity index (χ1v) is 10.3. The normalized spacial score (nSPS) is 20.6. The van der Waals surface area contributed by atoms with Crippen LogP contribution in [0.25, 0.3) is 0 Å². The van der Waals surface area contributed by atoms with E-state index in [-0.39, 0.29) is 36.4 Å². The largest absolute Gasteiger partial charge is 0.352 e. The molecule has 0 bridgehead atoms. The number of rotatable bonds is 6. The number of nitrogens with zero attached hydrogens (tertiary/aromatic N) is 2. The van der Waals surface area contributed by atoms with Crippen LogP contribution in [0.3, 0.4) is 0 Å². The molecule has 1 amide bonds. The Morgan fingerprint density at radius 2 is 2.04 bits per heavy atom. The average molecular weight is 499 g/mol. The van der Waals surface area contributed by atoms with Crippen LogP contribution in [0, 0.1) is 0 Å². The lowest BCUT2D eigenvalue weighted by molar-refractivity contribution is -0.115. The molecule has 0 spiro atoms. The van der Waals surface area contributed by atoms with E-state index in [2.05, 4.69) is 38.8 Å². The highest BCUT2D eigenvalue weighted by atomic mass is 127. The minimum Gasteiger partial charge on any atom is -0.352 e. The molecule has 3 N–H and O–H groups in total. The highest BCUT2D eigenvalue weighted by molar-refractivity contribution is 14.0. The second kappa shape index (κ2) is 11.6. The predicted molar refractivity (Wildman–Crippen MR) is 127 cm³/mol. The van der Waals surface area contributed by atoms with Crippen molar-refractivity contribution < 1.29 is 4.79 Å². The summed E-state index contributed by atoms with van der Waals surface area (Å²) in [6.45, 7) is 4.54. The van der Waals surface area contributed by atoms with Gasteiger partial charge in [0, 0.05) is 37.9 Å². The van der Waals surface area contributed by atoms with Gasteiger partial charge in [0.2, 0.25) is 5.91 Å². The smallest absolute Gasteiger partial charge is 0.243 e. The molecule has 7 heteroatoms. The first-order valence-electron chi connectivity index (χ1n) is 10.3. The zero-order valence-electron chi connectivity index (χ0n) is 17.0. The predicted octanol–water partition coefficient (Wildman–Crippen LogP) is 2.99. The maximum Gasteiger partial charge on any atom is 0.243 e. The number of anilines is 1. The number of likely N-dealkylation sites (tertiary alicyclic amines) is 1. The first kappa shape index (κ1) is 22.9. The van der Waals surface area contributed by atoms with Crippen LogP contribution in [-0.4, -0.2) is 55.5 Å². The SMILES string of the molecule is CCc1cccc(NC(=O)CNC(=NC)NC2CCN(C3CCCC3)C2)c1.I. The lowest BCUT2D eigenvalue weighted by Gasteiger charge is -2.24. The minimum absolute atomic E-state index is 0. The monoisotopic (exact) mass is 499 g/mol. The van der Waals surface area contributed by atoms with Gasteiger partial charge in [-0.15, -0.1) is 24.0 Å². The number of amides is 1. The molecule has 3 rings (SSSR count). The number of aliphatic imine (C=N–C) groups is 1. The number of carbonyl (C=O) groups excluding carboxylic acids is 1. The molecular formula is C21H34IN5O. The summed E-state index contributed by atoms with van der Waals surface area (Å²) < 4.78 is 0. The molecule has 156 valence electrons. The van der Waals surface area contributed by atoms with E-state index in [1.165, 1.54) is 31.2 Å². The Morgan fingerprint density at radius 3 is 2.75 bits per heavy atom. The van der Waals surface area contributed by atoms with Gasteiger partial charge in [-0.2, -0.15) is 0 Å². The maximum absolute atomic E-state index is 12.2. The molecule has 28 heavy (non-hydrogen) atoms. The molecule has 1 heterocycles. The van der Waals surface area contributed by atoms with Gasteiger partial charge >= 0.3 is 0 Å². The molecule has 1 saturated heterocycles. The molecule has 0 aromatic heterocycles. The number of carbonyl (C=O) groups is 1. The van der Waals surface area contributed by atoms with E-state index in [1.54, 1.807) is 7.05 Å². The van der Waals surface area contributed by atoms with Crippen molar-refractivity contribution in [3.63, 3.8) is 0 Å². The van der Waals surface area contributed by atoms with E-state index in [4.69, 9.17) is 0 Å². The number of guanidine groups is 1. The van der Waals surface area contributed by atoms with Gasteiger partial charge in [0.1, 0.15) is 0 Å². The van der Waals surface area contributed by atoms with Crippen molar-refractivity contribution in [1.82, 2.24) is 15.5 Å². The maximum atomic E-state index is 12.2. The number of benzene rings is 1. The van der Waals surface area contributed by atoms with Crippen LogP contribution in [-0.2, 0) is 11.2 Å². The quantitative estimate of drug-likeness (QED) is 0.320. The summed E-state index contributed by atoms with van der Waals surface area (Å²) in [5.74, 6) is 0.635. The summed E-state index contributed by atoms with van der Waals surface area (Å²) in [7, 11) is 1.75. The molecule has 2 fully saturated rings. The van der Waals surface area contributed by atoms with Crippen molar-refractivity contribution in [1.29, 1.82) is 0 Å². The van der Waals surface area contributed by atoms with Crippen molar-refractivity contribution in [3.8, 4) is 0 Å². The third-order valence-corrected chi connectivity index (χ3v) is 5.66. The molecule has 1 aromatic carbocycles. The summed E-state index contributed by atoms with van der Waals surface area (Å²) in [5, 5.41) is 9.55. The van der Waals surface area contributed by atoms with Crippen LogP contribution in [0.4, 0.5) is 5.69 Å². The standard InChI is InChI=1S/C21H33N5O.HI/c1-3-16-7-6-8-17(13-16)24-20(27)14-23-21(22-2)25-18-11-12-26(15-18)19-9-4-5-10-19;/h6-8,13,18-19H,3-5,9-12,14-15H2,1-2H3,(H,24,27)(H2,22,23,25);1H. The zero-order valence-corrected chi connectivity index (χ0v) is 19.4. The van der Waals surface area contributed by atoms with Crippen molar-refractivity contribution in [2.45, 2.75) is 57.5 Å². The summed E-state index contributed by atoms with van der Waals surface area (Å²) in [5.41, 5.74) is 2.05. The Labute approximate surface area is 186 Å². The van der Waals surface area contributed by atoms with Gasteiger partial charge in [0.15, 0.2) is 5.96 Å². The molecule has 1 unspecified atom stereocenters. The third-order valence-electron chi connectivity index (χ3n) is 5.66. The fraction of sp³-hybridized carbons (Fsp3) is 0.619. The Bertz CT molecular complexity index is 660. The minimum atomic E-state index is -0.0646. The molecule has 0 radical (unpaired) electrons. The Balaban J connectivity index is 0.00000280. The molecule has 1 saturated carbocycles. The lowest BCUT2D eigenvalue weighted by atomic mass is 10.1. The van der Waals surface area contributed by atoms with Gasteiger partial charge < -0.3 is 16.0 Å². The second-order valence-corrected chi connectivity index (χ2v) is 7.59. The lowest BCUT2D eigenvalue weighted by Crippen LogP contribution is -2.47. The number of nitrogens with one attached hydrogen (secondary N) is 3. The fourth-order valence-corrected chi connectivity index (χ4v) is 4.13. The number of hydrogen-bond donors (Lipinski definition) is 3. The summed E-state index contributed by atoms with van der Waals surface area (Å²) in [6.07, 6.45) is 7.53. The molecule has 1 atom stereocenters. The average Bonchev–Trinajstić information content (AvgIpc) is 3.37. The van der Waals surface area contributed by atoms with E-state index < -0.39 is 0 Å². The van der Waals surface area contributed by atoms with E-state index >= 15 is 0 Å². The van der Waals surface area contributed by atoms with Gasteiger partial charge in [-0.25, -0.2) is 0 Å². The summed E-state index contributed by atoms with van der Waals surface area (Å²) >= 11 is 0. The van der Waals surface area contributed by atoms with Crippen LogP contribution in [0.15, 0.2) is 29.3 Å². The molecule has 6 nitrogen and oxygen atoms in total. The van der Waals surface area contributed by atoms with Crippen molar-refractivity contribution in [2.24, 2.45) is 4.99 Å². The van der Waals surface area contributed by atoms with Crippen LogP contribution >= 0.6 is 24.0 Å². The Morgan fingerprint density at radius 1 is 1.25 bits per heavy atom. The van der Waals surface area contributed by atoms with Crippen LogP contribution in [0.1, 0.15) is 44.6 Å². The van der Waals surface area contributed by atoms with E-state index in [0.717, 1.165) is 37.7 Å². The first-order chi connectivity index (χ1) is 13.2. The summed E-state index contributed by atoms with van der Waals surface area (Å²) in [6, 6.07) is 9.15. The van der Waals surface area contributed by atoms with E-state index in [0.29, 0.717) is 12.0 Å². The van der Waals surface area contributed by atoms with E-state index in [1.807, 2.05) is 18.2 Å². The number of halogens is 1. The van der Waals surface area contributed by atoms with Gasteiger partial charge in [0.25, 0.3) is 0 Å². The molecule has 1 aromatic rings. The molecule has 1 aliphatic carbocycles. The molecular weight excluding hydrogens is 465 g/mol. The van der Waals surface area contributed by atoms with Crippen LogP contribution < -0.4 is 16.0 Å². The summed E-state index contributed by atoms with van der Waals surface area (Å²) in [4.78, 5) is 19.1. The van der Waals surface area contributed by atoms with Crippen molar-refractivity contribution in [2.75, 3.05) is 32.0 Å². The Kier molecular flexibility index (Phi) is 9.50. The van der Waals surface area contributed by atoms with Crippen LogP contribution in [0.5, 0.6) is 0 Å². The number of hydrogen-bond acceptors (Lipinski definition) is 3. The Hall–Kier alpha value is -1.35. The van der Waals surface area contributed by atoms with Gasteiger partial charge in [0.05, 0.1) is 6.54 Å². The fourth-order valence-electron chi connectivity index (χ4n) is 4.13. The van der Waals surface area contributed by atoms with Gasteiger partial charge in [-0.05, 0) is 43.4 Å². The molecule has 1 aliphatic heterocycles. The highest BCUT2D eigenvalue weighted by Gasteiger charge is 2.30. The van der Waals surface area contributed by atoms with Gasteiger partial charge in [-0.3, -0.25) is 14.7 Å². The topological polar surface area (TPSA) is 68.8 Å². The second-order valence-electron chi connectivity index (χ2n) is 7.59. The highest BCUT2D eigenvalue weighted by Crippen LogP contribution is 2.26. The zero-order chi connectivity index (χ0) is 19.1. The van der Waals surface area contributed by atoms with Crippen LogP contribution in [0.2, 0.25) is 0 Å². The van der Waals surface area contributed by atoms with E-state index in [9.17, 15) is 4.79 Å². The van der Waals surface area contributed by atoms with Crippen molar-refractivity contribution >= 4 is 41.5 Å². The van der Waals surface area contributed by atoms with Crippen molar-refractivity contribution in [3.05, 3.63) is 29.8 Å².